The van der Waals surface area contributed by atoms with Crippen molar-refractivity contribution in [2.75, 3.05) is 20.1 Å². The standard InChI is InChI=1S/C19H21ClFN3O3/c1-3-23(11-14-5-4-6-16(21)9-14)19(25)13-22(2)12-15-10-17(24(26)27)7-8-18(15)20/h4-10H,3,11-13H2,1-2H3. The van der Waals surface area contributed by atoms with Gasteiger partial charge in [0.2, 0.25) is 5.91 Å². The molecule has 2 aromatic rings. The molecule has 0 bridgehead atoms. The quantitative estimate of drug-likeness (QED) is 0.504. The van der Waals surface area contributed by atoms with Crippen LogP contribution in [0.15, 0.2) is 42.5 Å². The predicted octanol–water partition coefficient (Wildman–Crippen LogP) is 3.87. The molecular weight excluding hydrogens is 373 g/mol. The summed E-state index contributed by atoms with van der Waals surface area (Å²) in [6.07, 6.45) is 0. The number of halogens is 2. The SMILES string of the molecule is CCN(Cc1cccc(F)c1)C(=O)CN(C)Cc1cc([N+](=O)[O-])ccc1Cl. The van der Waals surface area contributed by atoms with E-state index in [2.05, 4.69) is 0 Å². The van der Waals surface area contributed by atoms with Crippen molar-refractivity contribution in [3.8, 4) is 0 Å². The largest absolute Gasteiger partial charge is 0.338 e. The highest BCUT2D eigenvalue weighted by molar-refractivity contribution is 6.31. The number of likely N-dealkylation sites (N-methyl/N-ethyl adjacent to an activating group) is 2. The van der Waals surface area contributed by atoms with Gasteiger partial charge in [-0.05, 0) is 43.3 Å². The molecule has 2 aromatic carbocycles. The van der Waals surface area contributed by atoms with Gasteiger partial charge in [0.15, 0.2) is 0 Å². The summed E-state index contributed by atoms with van der Waals surface area (Å²) in [5, 5.41) is 11.3. The maximum atomic E-state index is 13.3. The number of carbonyl (C=O) groups is 1. The van der Waals surface area contributed by atoms with Crippen LogP contribution in [-0.4, -0.2) is 40.8 Å². The van der Waals surface area contributed by atoms with Gasteiger partial charge in [0, 0.05) is 36.8 Å². The zero-order valence-electron chi connectivity index (χ0n) is 15.2. The highest BCUT2D eigenvalue weighted by Crippen LogP contribution is 2.23. The molecule has 0 saturated heterocycles. The van der Waals surface area contributed by atoms with E-state index in [-0.39, 0.29) is 24.0 Å². The van der Waals surface area contributed by atoms with E-state index < -0.39 is 4.92 Å². The van der Waals surface area contributed by atoms with Gasteiger partial charge in [-0.2, -0.15) is 0 Å². The van der Waals surface area contributed by atoms with Gasteiger partial charge in [0.25, 0.3) is 5.69 Å². The molecule has 0 heterocycles. The smallest absolute Gasteiger partial charge is 0.269 e. The van der Waals surface area contributed by atoms with E-state index in [4.69, 9.17) is 11.6 Å². The molecule has 0 radical (unpaired) electrons. The summed E-state index contributed by atoms with van der Waals surface area (Å²) in [5.41, 5.74) is 1.25. The highest BCUT2D eigenvalue weighted by atomic mass is 35.5. The zero-order valence-corrected chi connectivity index (χ0v) is 15.9. The molecule has 0 fully saturated rings. The van der Waals surface area contributed by atoms with Gasteiger partial charge in [0.05, 0.1) is 11.5 Å². The molecule has 0 saturated carbocycles. The minimum absolute atomic E-state index is 0.0459. The minimum Gasteiger partial charge on any atom is -0.338 e. The van der Waals surface area contributed by atoms with E-state index in [1.807, 2.05) is 6.92 Å². The summed E-state index contributed by atoms with van der Waals surface area (Å²) >= 11 is 6.11. The van der Waals surface area contributed by atoms with Gasteiger partial charge in [-0.15, -0.1) is 0 Å². The average Bonchev–Trinajstić information content (AvgIpc) is 2.61. The predicted molar refractivity (Wildman–Crippen MR) is 102 cm³/mol. The number of hydrogen-bond acceptors (Lipinski definition) is 4. The molecule has 0 aliphatic heterocycles. The van der Waals surface area contributed by atoms with Crippen molar-refractivity contribution in [3.63, 3.8) is 0 Å². The van der Waals surface area contributed by atoms with Gasteiger partial charge >= 0.3 is 0 Å². The summed E-state index contributed by atoms with van der Waals surface area (Å²) in [4.78, 5) is 26.4. The van der Waals surface area contributed by atoms with E-state index in [9.17, 15) is 19.3 Å². The van der Waals surface area contributed by atoms with Crippen LogP contribution in [0.3, 0.4) is 0 Å². The Balaban J connectivity index is 2.01. The van der Waals surface area contributed by atoms with Crippen molar-refractivity contribution in [2.24, 2.45) is 0 Å². The van der Waals surface area contributed by atoms with E-state index >= 15 is 0 Å². The topological polar surface area (TPSA) is 66.7 Å². The molecular formula is C19H21ClFN3O3. The third-order valence-electron chi connectivity index (χ3n) is 4.08. The first-order chi connectivity index (χ1) is 12.8. The van der Waals surface area contributed by atoms with Crippen LogP contribution in [0.5, 0.6) is 0 Å². The summed E-state index contributed by atoms with van der Waals surface area (Å²) < 4.78 is 13.3. The Morgan fingerprint density at radius 2 is 1.96 bits per heavy atom. The third-order valence-corrected chi connectivity index (χ3v) is 4.45. The Bertz CT molecular complexity index is 832. The number of nitrogens with zero attached hydrogens (tertiary/aromatic N) is 3. The zero-order chi connectivity index (χ0) is 20.0. The molecule has 0 spiro atoms. The lowest BCUT2D eigenvalue weighted by Crippen LogP contribution is -2.38. The molecule has 6 nitrogen and oxygen atoms in total. The van der Waals surface area contributed by atoms with Gasteiger partial charge in [-0.25, -0.2) is 4.39 Å². The summed E-state index contributed by atoms with van der Waals surface area (Å²) in [5.74, 6) is -0.459. The second-order valence-electron chi connectivity index (χ2n) is 6.24. The van der Waals surface area contributed by atoms with E-state index in [0.29, 0.717) is 30.2 Å². The van der Waals surface area contributed by atoms with Crippen LogP contribution >= 0.6 is 11.6 Å². The van der Waals surface area contributed by atoms with Gasteiger partial charge in [0.1, 0.15) is 5.82 Å². The van der Waals surface area contributed by atoms with Crippen LogP contribution in [-0.2, 0) is 17.9 Å². The molecule has 1 amide bonds. The fourth-order valence-corrected chi connectivity index (χ4v) is 2.88. The Morgan fingerprint density at radius 3 is 2.59 bits per heavy atom. The Morgan fingerprint density at radius 1 is 1.22 bits per heavy atom. The van der Waals surface area contributed by atoms with Crippen LogP contribution < -0.4 is 0 Å². The Labute approximate surface area is 162 Å². The van der Waals surface area contributed by atoms with Crippen molar-refractivity contribution < 1.29 is 14.1 Å². The number of amides is 1. The number of benzene rings is 2. The monoisotopic (exact) mass is 393 g/mol. The molecule has 0 aromatic heterocycles. The van der Waals surface area contributed by atoms with Crippen LogP contribution in [0.25, 0.3) is 0 Å². The van der Waals surface area contributed by atoms with Crippen molar-refractivity contribution in [1.82, 2.24) is 9.80 Å². The molecule has 0 aliphatic carbocycles. The van der Waals surface area contributed by atoms with Crippen molar-refractivity contribution in [3.05, 3.63) is 74.5 Å². The molecule has 144 valence electrons. The van der Waals surface area contributed by atoms with Crippen LogP contribution in [0, 0.1) is 15.9 Å². The first kappa shape index (κ1) is 20.8. The number of nitro benzene ring substituents is 1. The number of carbonyl (C=O) groups excluding carboxylic acids is 1. The Kier molecular flexibility index (Phi) is 7.27. The van der Waals surface area contributed by atoms with Crippen molar-refractivity contribution in [1.29, 1.82) is 0 Å². The van der Waals surface area contributed by atoms with Gasteiger partial charge in [-0.3, -0.25) is 19.8 Å². The van der Waals surface area contributed by atoms with Crippen LogP contribution in [0.4, 0.5) is 10.1 Å². The molecule has 0 atom stereocenters. The third kappa shape index (κ3) is 6.01. The maximum Gasteiger partial charge on any atom is 0.269 e. The van der Waals surface area contributed by atoms with Gasteiger partial charge in [-0.1, -0.05) is 23.7 Å². The summed E-state index contributed by atoms with van der Waals surface area (Å²) in [6, 6.07) is 10.4. The molecule has 0 unspecified atom stereocenters. The Hall–Kier alpha value is -2.51. The van der Waals surface area contributed by atoms with Crippen molar-refractivity contribution >= 4 is 23.2 Å². The molecule has 27 heavy (non-hydrogen) atoms. The number of non-ortho nitro benzene ring substituents is 1. The second kappa shape index (κ2) is 9.43. The van der Waals surface area contributed by atoms with Crippen LogP contribution in [0.2, 0.25) is 5.02 Å². The maximum absolute atomic E-state index is 13.3. The molecule has 0 N–H and O–H groups in total. The first-order valence-corrected chi connectivity index (χ1v) is 8.81. The number of rotatable bonds is 8. The number of nitro groups is 1. The first-order valence-electron chi connectivity index (χ1n) is 8.43. The molecule has 2 rings (SSSR count). The average molecular weight is 394 g/mol. The van der Waals surface area contributed by atoms with Crippen LogP contribution in [0.1, 0.15) is 18.1 Å². The van der Waals surface area contributed by atoms with Crippen molar-refractivity contribution in [2.45, 2.75) is 20.0 Å². The fraction of sp³-hybridized carbons (Fsp3) is 0.316. The summed E-state index contributed by atoms with van der Waals surface area (Å²) in [6.45, 7) is 3.07. The number of hydrogen-bond donors (Lipinski definition) is 0. The lowest BCUT2D eigenvalue weighted by molar-refractivity contribution is -0.384. The second-order valence-corrected chi connectivity index (χ2v) is 6.65. The highest BCUT2D eigenvalue weighted by Gasteiger charge is 2.17. The lowest BCUT2D eigenvalue weighted by atomic mass is 10.2. The van der Waals surface area contributed by atoms with E-state index in [0.717, 1.165) is 5.56 Å². The molecule has 8 heteroatoms. The fourth-order valence-electron chi connectivity index (χ4n) is 2.71. The normalized spacial score (nSPS) is 10.9. The summed E-state index contributed by atoms with van der Waals surface area (Å²) in [7, 11) is 1.74. The van der Waals surface area contributed by atoms with E-state index in [1.54, 1.807) is 29.0 Å². The molecule has 0 aliphatic rings. The van der Waals surface area contributed by atoms with E-state index in [1.165, 1.54) is 30.3 Å². The van der Waals surface area contributed by atoms with Gasteiger partial charge < -0.3 is 4.90 Å². The lowest BCUT2D eigenvalue weighted by Gasteiger charge is -2.24. The minimum atomic E-state index is -0.483.